The van der Waals surface area contributed by atoms with E-state index in [0.29, 0.717) is 39.3 Å². The van der Waals surface area contributed by atoms with E-state index in [2.05, 4.69) is 0 Å². The first-order valence-electron chi connectivity index (χ1n) is 9.16. The number of hydrogen-bond donors (Lipinski definition) is 6. The first-order chi connectivity index (χ1) is 14.3. The summed E-state index contributed by atoms with van der Waals surface area (Å²) in [4.78, 5) is 21.2. The molecule has 177 valence electrons. The molecule has 0 bridgehead atoms. The molecule has 1 radical (unpaired) electrons. The van der Waals surface area contributed by atoms with Crippen molar-refractivity contribution in [3.05, 3.63) is 59.7 Å². The summed E-state index contributed by atoms with van der Waals surface area (Å²) in [7, 11) is 0. The summed E-state index contributed by atoms with van der Waals surface area (Å²) < 4.78 is 0. The molecule has 0 aliphatic heterocycles. The van der Waals surface area contributed by atoms with Crippen molar-refractivity contribution >= 4 is 11.9 Å². The number of hydrogen-bond acceptors (Lipinski definition) is 10. The molecule has 0 amide bonds. The summed E-state index contributed by atoms with van der Waals surface area (Å²) in [5.74, 6) is -2.46. The Hall–Kier alpha value is -2.34. The van der Waals surface area contributed by atoms with Crippen molar-refractivity contribution < 1.29 is 36.9 Å². The maximum atomic E-state index is 10.6. The van der Waals surface area contributed by atoms with E-state index in [1.165, 1.54) is 24.3 Å². The second-order valence-electron chi connectivity index (χ2n) is 5.46. The molecule has 0 aliphatic carbocycles. The molecule has 12 N–H and O–H groups in total. The molecule has 0 saturated carbocycles. The van der Waals surface area contributed by atoms with Crippen LogP contribution in [0.1, 0.15) is 20.7 Å². The number of carbonyl (C=O) groups is 2. The van der Waals surface area contributed by atoms with Crippen molar-refractivity contribution in [1.82, 2.24) is 0 Å². The topological polar surface area (TPSA) is 236 Å². The van der Waals surface area contributed by atoms with Crippen LogP contribution in [0.5, 0.6) is 0 Å². The Balaban J connectivity index is -0.000000503. The van der Waals surface area contributed by atoms with Gasteiger partial charge in [-0.05, 0) is 22.3 Å². The fourth-order valence-electron chi connectivity index (χ4n) is 1.60. The molecule has 0 atom stereocenters. The molecule has 0 fully saturated rings. The Kier molecular flexibility index (Phi) is 24.0. The molecule has 2 rings (SSSR count). The molecule has 0 unspecified atom stereocenters. The van der Waals surface area contributed by atoms with Crippen LogP contribution in [0, 0.1) is 0 Å². The van der Waals surface area contributed by atoms with Crippen LogP contribution in [0.3, 0.4) is 0 Å². The van der Waals surface area contributed by atoms with Crippen molar-refractivity contribution in [2.75, 3.05) is 39.3 Å². The summed E-state index contributed by atoms with van der Waals surface area (Å²) in [5.41, 5.74) is 31.2. The van der Waals surface area contributed by atoms with Crippen LogP contribution < -0.4 is 44.6 Å². The van der Waals surface area contributed by atoms with E-state index in [4.69, 9.17) is 34.4 Å². The maximum absolute atomic E-state index is 10.6. The van der Waals surface area contributed by atoms with Crippen LogP contribution in [-0.2, 0) is 17.1 Å². The Morgan fingerprint density at radius 2 is 0.710 bits per heavy atom. The first-order valence-corrected chi connectivity index (χ1v) is 9.16. The van der Waals surface area contributed by atoms with Gasteiger partial charge < -0.3 is 54.2 Å². The van der Waals surface area contributed by atoms with Crippen molar-refractivity contribution in [2.45, 2.75) is 0 Å². The molecule has 0 spiro atoms. The number of rotatable bonds is 6. The van der Waals surface area contributed by atoms with Crippen molar-refractivity contribution in [3.8, 4) is 11.1 Å². The smallest absolute Gasteiger partial charge is 0.545 e. The molecule has 10 nitrogen and oxygen atoms in total. The number of benzene rings is 2. The second-order valence-corrected chi connectivity index (χ2v) is 5.46. The SMILES string of the molecule is NCCN.NCCN.NCCN.O=C([O-])c1ccc(-c2ccc(C(=O)[O-])cc2)cc1.[Cu+2]. The number of carbonyl (C=O) groups excluding carboxylic acids is 2. The molecule has 0 heterocycles. The minimum atomic E-state index is -1.23. The molecule has 2 aromatic rings. The fraction of sp³-hybridized carbons (Fsp3) is 0.300. The zero-order valence-electron chi connectivity index (χ0n) is 17.3. The van der Waals surface area contributed by atoms with Gasteiger partial charge in [-0.25, -0.2) is 0 Å². The van der Waals surface area contributed by atoms with Crippen LogP contribution >= 0.6 is 0 Å². The fourth-order valence-corrected chi connectivity index (χ4v) is 1.60. The van der Waals surface area contributed by atoms with Gasteiger partial charge in [0.15, 0.2) is 0 Å². The molecule has 11 heteroatoms. The van der Waals surface area contributed by atoms with Crippen molar-refractivity contribution in [3.63, 3.8) is 0 Å². The van der Waals surface area contributed by atoms with Gasteiger partial charge in [-0.2, -0.15) is 0 Å². The molecule has 0 aliphatic rings. The largest absolute Gasteiger partial charge is 2.00 e. The summed E-state index contributed by atoms with van der Waals surface area (Å²) in [6.07, 6.45) is 0. The van der Waals surface area contributed by atoms with Gasteiger partial charge >= 0.3 is 17.1 Å². The molecule has 0 aromatic heterocycles. The Morgan fingerprint density at radius 3 is 0.839 bits per heavy atom. The number of aromatic carboxylic acids is 2. The average molecular weight is 484 g/mol. The molecule has 2 aromatic carbocycles. The maximum Gasteiger partial charge on any atom is 2.00 e. The zero-order chi connectivity index (χ0) is 23.4. The van der Waals surface area contributed by atoms with Crippen LogP contribution in [0.2, 0.25) is 0 Å². The van der Waals surface area contributed by atoms with E-state index in [0.717, 1.165) is 11.1 Å². The standard InChI is InChI=1S/C14H10O4.3C2H8N2.Cu/c15-13(16)11-5-1-9(2-6-11)10-3-7-12(8-4-10)14(17)18;3*3-1-2-4;/h1-8H,(H,15,16)(H,17,18);3*1-4H2;/q;;;;+2/p-2. The summed E-state index contributed by atoms with van der Waals surface area (Å²) >= 11 is 0. The summed E-state index contributed by atoms with van der Waals surface area (Å²) in [5, 5.41) is 21.2. The predicted molar refractivity (Wildman–Crippen MR) is 115 cm³/mol. The zero-order valence-corrected chi connectivity index (χ0v) is 18.2. The third-order valence-corrected chi connectivity index (χ3v) is 3.07. The average Bonchev–Trinajstić information content (AvgIpc) is 2.79. The van der Waals surface area contributed by atoms with Gasteiger partial charge in [0.2, 0.25) is 0 Å². The monoisotopic (exact) mass is 483 g/mol. The Morgan fingerprint density at radius 1 is 0.516 bits per heavy atom. The van der Waals surface area contributed by atoms with Gasteiger partial charge in [0.05, 0.1) is 11.9 Å². The first kappa shape index (κ1) is 33.3. The van der Waals surface area contributed by atoms with Crippen LogP contribution in [0.4, 0.5) is 0 Å². The third-order valence-electron chi connectivity index (χ3n) is 3.07. The summed E-state index contributed by atoms with van der Waals surface area (Å²) in [6, 6.07) is 12.3. The Bertz CT molecular complexity index is 629. The summed E-state index contributed by atoms with van der Waals surface area (Å²) in [6.45, 7) is 3.58. The predicted octanol–water partition coefficient (Wildman–Crippen LogP) is -3.21. The third kappa shape index (κ3) is 17.1. The van der Waals surface area contributed by atoms with E-state index < -0.39 is 11.9 Å². The van der Waals surface area contributed by atoms with Gasteiger partial charge in [0, 0.05) is 39.3 Å². The Labute approximate surface area is 193 Å². The van der Waals surface area contributed by atoms with E-state index in [1.54, 1.807) is 24.3 Å². The van der Waals surface area contributed by atoms with Gasteiger partial charge in [0.1, 0.15) is 0 Å². The number of nitrogens with two attached hydrogens (primary N) is 6. The molecule has 31 heavy (non-hydrogen) atoms. The molecular weight excluding hydrogens is 452 g/mol. The second kappa shape index (κ2) is 22.3. The number of carboxylic acid groups (broad SMARTS) is 2. The van der Waals surface area contributed by atoms with Crippen molar-refractivity contribution in [1.29, 1.82) is 0 Å². The number of carboxylic acids is 2. The minimum absolute atomic E-state index is 0. The normalized spacial score (nSPS) is 8.71. The molecule has 0 saturated heterocycles. The van der Waals surface area contributed by atoms with E-state index in [9.17, 15) is 19.8 Å². The van der Waals surface area contributed by atoms with E-state index in [1.807, 2.05) is 0 Å². The van der Waals surface area contributed by atoms with Gasteiger partial charge in [0.25, 0.3) is 0 Å². The van der Waals surface area contributed by atoms with Crippen LogP contribution in [-0.4, -0.2) is 51.2 Å². The van der Waals surface area contributed by atoms with Crippen LogP contribution in [0.15, 0.2) is 48.5 Å². The van der Waals surface area contributed by atoms with Crippen LogP contribution in [0.25, 0.3) is 11.1 Å². The van der Waals surface area contributed by atoms with Gasteiger partial charge in [-0.1, -0.05) is 48.5 Å². The van der Waals surface area contributed by atoms with Gasteiger partial charge in [-0.3, -0.25) is 0 Å². The van der Waals surface area contributed by atoms with Gasteiger partial charge in [-0.15, -0.1) is 0 Å². The molecular formula is C20H32CuN6O4. The van der Waals surface area contributed by atoms with E-state index >= 15 is 0 Å². The van der Waals surface area contributed by atoms with Crippen molar-refractivity contribution in [2.24, 2.45) is 34.4 Å². The minimum Gasteiger partial charge on any atom is -0.545 e. The van der Waals surface area contributed by atoms with E-state index in [-0.39, 0.29) is 28.2 Å². The quantitative estimate of drug-likeness (QED) is 0.225.